The molecule has 3 nitrogen and oxygen atoms in total. The summed E-state index contributed by atoms with van der Waals surface area (Å²) in [5.74, 6) is -0.227. The van der Waals surface area contributed by atoms with Crippen molar-refractivity contribution in [1.82, 2.24) is 5.43 Å². The molecule has 0 aliphatic carbocycles. The number of benzene rings is 3. The Morgan fingerprint density at radius 2 is 1.21 bits per heavy atom. The maximum Gasteiger partial charge on any atom is 0.271 e. The van der Waals surface area contributed by atoms with Gasteiger partial charge in [-0.25, -0.2) is 5.43 Å². The monoisotopic (exact) mass is 314 g/mol. The van der Waals surface area contributed by atoms with E-state index in [-0.39, 0.29) is 11.8 Å². The Morgan fingerprint density at radius 1 is 0.750 bits per heavy atom. The maximum absolute atomic E-state index is 12.1. The van der Waals surface area contributed by atoms with Gasteiger partial charge in [-0.1, -0.05) is 78.9 Å². The molecule has 3 aromatic carbocycles. The van der Waals surface area contributed by atoms with Crippen molar-refractivity contribution in [2.45, 2.75) is 5.92 Å². The molecule has 3 aromatic rings. The molecule has 3 rings (SSSR count). The third kappa shape index (κ3) is 3.96. The van der Waals surface area contributed by atoms with Crippen LogP contribution in [0.15, 0.2) is 96.1 Å². The molecule has 0 aliphatic heterocycles. The van der Waals surface area contributed by atoms with Crippen molar-refractivity contribution >= 4 is 12.1 Å². The molecule has 0 spiro atoms. The van der Waals surface area contributed by atoms with Gasteiger partial charge in [0.05, 0.1) is 0 Å². The lowest BCUT2D eigenvalue weighted by Crippen LogP contribution is -2.18. The first-order valence-electron chi connectivity index (χ1n) is 7.83. The minimum Gasteiger partial charge on any atom is -0.267 e. The topological polar surface area (TPSA) is 41.5 Å². The highest BCUT2D eigenvalue weighted by molar-refractivity contribution is 5.94. The lowest BCUT2D eigenvalue weighted by molar-refractivity contribution is 0.0955. The number of carbonyl (C=O) groups excluding carboxylic acids is 1. The SMILES string of the molecule is O=C(NN=CC(c1ccccc1)c1ccccc1)c1ccccc1. The molecule has 0 unspecified atom stereocenters. The van der Waals surface area contributed by atoms with E-state index in [1.54, 1.807) is 18.3 Å². The Balaban J connectivity index is 1.79. The van der Waals surface area contributed by atoms with Crippen LogP contribution in [0, 0.1) is 0 Å². The normalized spacial score (nSPS) is 10.9. The van der Waals surface area contributed by atoms with Gasteiger partial charge in [0.25, 0.3) is 5.91 Å². The van der Waals surface area contributed by atoms with E-state index in [1.165, 1.54) is 0 Å². The lowest BCUT2D eigenvalue weighted by Gasteiger charge is -2.13. The summed E-state index contributed by atoms with van der Waals surface area (Å²) < 4.78 is 0. The molecule has 118 valence electrons. The summed E-state index contributed by atoms with van der Waals surface area (Å²) in [6.45, 7) is 0. The van der Waals surface area contributed by atoms with Gasteiger partial charge >= 0.3 is 0 Å². The van der Waals surface area contributed by atoms with Crippen LogP contribution in [0.25, 0.3) is 0 Å². The van der Waals surface area contributed by atoms with Gasteiger partial charge in [-0.05, 0) is 23.3 Å². The number of rotatable bonds is 5. The molecule has 3 heteroatoms. The molecule has 0 bridgehead atoms. The predicted molar refractivity (Wildman–Crippen MR) is 97.1 cm³/mol. The van der Waals surface area contributed by atoms with E-state index in [9.17, 15) is 4.79 Å². The minimum absolute atomic E-state index is 0.0107. The van der Waals surface area contributed by atoms with E-state index < -0.39 is 0 Å². The summed E-state index contributed by atoms with van der Waals surface area (Å²) in [6, 6.07) is 29.3. The first kappa shape index (κ1) is 15.7. The van der Waals surface area contributed by atoms with Crippen molar-refractivity contribution in [3.05, 3.63) is 108 Å². The number of nitrogens with zero attached hydrogens (tertiary/aromatic N) is 1. The highest BCUT2D eigenvalue weighted by atomic mass is 16.2. The van der Waals surface area contributed by atoms with Gasteiger partial charge in [-0.15, -0.1) is 0 Å². The molecule has 0 fully saturated rings. The molecule has 0 saturated carbocycles. The molecule has 0 atom stereocenters. The van der Waals surface area contributed by atoms with Crippen LogP contribution in [0.4, 0.5) is 0 Å². The van der Waals surface area contributed by atoms with Crippen LogP contribution in [0.2, 0.25) is 0 Å². The second-order valence-corrected chi connectivity index (χ2v) is 5.38. The van der Waals surface area contributed by atoms with E-state index in [1.807, 2.05) is 54.6 Å². The number of hydrogen-bond donors (Lipinski definition) is 1. The van der Waals surface area contributed by atoms with E-state index in [0.29, 0.717) is 5.56 Å². The van der Waals surface area contributed by atoms with Crippen LogP contribution in [-0.2, 0) is 0 Å². The fourth-order valence-electron chi connectivity index (χ4n) is 2.51. The van der Waals surface area contributed by atoms with E-state index >= 15 is 0 Å². The van der Waals surface area contributed by atoms with Gasteiger partial charge in [-0.2, -0.15) is 5.10 Å². The van der Waals surface area contributed by atoms with Gasteiger partial charge in [0.15, 0.2) is 0 Å². The van der Waals surface area contributed by atoms with Crippen molar-refractivity contribution in [3.8, 4) is 0 Å². The average Bonchev–Trinajstić information content (AvgIpc) is 2.67. The summed E-state index contributed by atoms with van der Waals surface area (Å²) in [6.07, 6.45) is 1.77. The maximum atomic E-state index is 12.1. The smallest absolute Gasteiger partial charge is 0.267 e. The van der Waals surface area contributed by atoms with E-state index in [2.05, 4.69) is 34.8 Å². The fourth-order valence-corrected chi connectivity index (χ4v) is 2.51. The third-order valence-electron chi connectivity index (χ3n) is 3.74. The molecule has 0 saturated heterocycles. The van der Waals surface area contributed by atoms with Gasteiger partial charge < -0.3 is 0 Å². The number of hydrazone groups is 1. The van der Waals surface area contributed by atoms with Crippen molar-refractivity contribution < 1.29 is 4.79 Å². The summed E-state index contributed by atoms with van der Waals surface area (Å²) in [5, 5.41) is 4.18. The van der Waals surface area contributed by atoms with Crippen LogP contribution in [-0.4, -0.2) is 12.1 Å². The average molecular weight is 314 g/mol. The number of amides is 1. The highest BCUT2D eigenvalue weighted by Gasteiger charge is 2.11. The zero-order valence-corrected chi connectivity index (χ0v) is 13.2. The quantitative estimate of drug-likeness (QED) is 0.555. The van der Waals surface area contributed by atoms with Crippen LogP contribution >= 0.6 is 0 Å². The molecule has 24 heavy (non-hydrogen) atoms. The van der Waals surface area contributed by atoms with E-state index in [0.717, 1.165) is 11.1 Å². The number of hydrogen-bond acceptors (Lipinski definition) is 2. The summed E-state index contributed by atoms with van der Waals surface area (Å²) in [5.41, 5.74) is 5.44. The molecule has 0 aromatic heterocycles. The van der Waals surface area contributed by atoms with Crippen LogP contribution in [0.5, 0.6) is 0 Å². The first-order chi connectivity index (χ1) is 11.8. The van der Waals surface area contributed by atoms with Crippen LogP contribution in [0.1, 0.15) is 27.4 Å². The summed E-state index contributed by atoms with van der Waals surface area (Å²) >= 11 is 0. The standard InChI is InChI=1S/C21H18N2O/c24-21(19-14-8-3-9-15-19)23-22-16-20(17-10-4-1-5-11-17)18-12-6-2-7-13-18/h1-16,20H,(H,23,24). The number of carbonyl (C=O) groups is 1. The van der Waals surface area contributed by atoms with Gasteiger partial charge in [-0.3, -0.25) is 4.79 Å². The summed E-state index contributed by atoms with van der Waals surface area (Å²) in [4.78, 5) is 12.1. The largest absolute Gasteiger partial charge is 0.271 e. The molecule has 1 amide bonds. The third-order valence-corrected chi connectivity index (χ3v) is 3.74. The Hall–Kier alpha value is -3.20. The first-order valence-corrected chi connectivity index (χ1v) is 7.83. The second kappa shape index (κ2) is 7.88. The Kier molecular flexibility index (Phi) is 5.15. The van der Waals surface area contributed by atoms with Crippen molar-refractivity contribution in [3.63, 3.8) is 0 Å². The lowest BCUT2D eigenvalue weighted by atomic mass is 9.92. The van der Waals surface area contributed by atoms with E-state index in [4.69, 9.17) is 0 Å². The number of nitrogens with one attached hydrogen (secondary N) is 1. The zero-order valence-electron chi connectivity index (χ0n) is 13.2. The Labute approximate surface area is 141 Å². The second-order valence-electron chi connectivity index (χ2n) is 5.38. The van der Waals surface area contributed by atoms with Crippen LogP contribution < -0.4 is 5.43 Å². The molecular weight excluding hydrogens is 296 g/mol. The Bertz CT molecular complexity index is 760. The van der Waals surface area contributed by atoms with Gasteiger partial charge in [0, 0.05) is 17.7 Å². The van der Waals surface area contributed by atoms with Crippen molar-refractivity contribution in [2.75, 3.05) is 0 Å². The molecule has 0 aliphatic rings. The molecule has 1 N–H and O–H groups in total. The zero-order chi connectivity index (χ0) is 16.6. The molecular formula is C21H18N2O. The fraction of sp³-hybridized carbons (Fsp3) is 0.0476. The highest BCUT2D eigenvalue weighted by Crippen LogP contribution is 2.22. The van der Waals surface area contributed by atoms with Crippen molar-refractivity contribution in [1.29, 1.82) is 0 Å². The molecule has 0 heterocycles. The van der Waals surface area contributed by atoms with Crippen molar-refractivity contribution in [2.24, 2.45) is 5.10 Å². The predicted octanol–water partition coefficient (Wildman–Crippen LogP) is 4.23. The minimum atomic E-state index is -0.216. The Morgan fingerprint density at radius 3 is 1.71 bits per heavy atom. The summed E-state index contributed by atoms with van der Waals surface area (Å²) in [7, 11) is 0. The van der Waals surface area contributed by atoms with Gasteiger partial charge in [0.2, 0.25) is 0 Å². The molecule has 0 radical (unpaired) electrons. The van der Waals surface area contributed by atoms with Gasteiger partial charge in [0.1, 0.15) is 0 Å². The van der Waals surface area contributed by atoms with Crippen LogP contribution in [0.3, 0.4) is 0 Å².